The van der Waals surface area contributed by atoms with Crippen LogP contribution in [-0.2, 0) is 19.3 Å². The van der Waals surface area contributed by atoms with E-state index in [0.29, 0.717) is 6.04 Å². The maximum atomic E-state index is 5.30. The smallest absolute Gasteiger partial charge is 0.228 e. The summed E-state index contributed by atoms with van der Waals surface area (Å²) in [7, 11) is 0. The van der Waals surface area contributed by atoms with Gasteiger partial charge in [0.25, 0.3) is 0 Å². The molecule has 2 aromatic rings. The lowest BCUT2D eigenvalue weighted by Crippen LogP contribution is -2.28. The summed E-state index contributed by atoms with van der Waals surface area (Å²) in [5.41, 5.74) is 1.30. The molecular formula is C16H23N3O. The maximum Gasteiger partial charge on any atom is 0.228 e. The molecule has 0 saturated heterocycles. The van der Waals surface area contributed by atoms with E-state index in [4.69, 9.17) is 4.52 Å². The van der Waals surface area contributed by atoms with Gasteiger partial charge in [-0.2, -0.15) is 4.98 Å². The summed E-state index contributed by atoms with van der Waals surface area (Å²) in [5.74, 6) is 1.52. The molecule has 1 N–H and O–H groups in total. The van der Waals surface area contributed by atoms with Gasteiger partial charge in [-0.1, -0.05) is 42.4 Å². The zero-order valence-corrected chi connectivity index (χ0v) is 12.3. The lowest BCUT2D eigenvalue weighted by Gasteiger charge is -2.09. The van der Waals surface area contributed by atoms with Gasteiger partial charge in [-0.15, -0.1) is 0 Å². The molecule has 0 fully saturated rings. The minimum Gasteiger partial charge on any atom is -0.339 e. The summed E-state index contributed by atoms with van der Waals surface area (Å²) in [6.07, 6.45) is 3.70. The van der Waals surface area contributed by atoms with Crippen molar-refractivity contribution in [1.82, 2.24) is 15.5 Å². The molecule has 0 saturated carbocycles. The molecule has 0 bridgehead atoms. The van der Waals surface area contributed by atoms with Crippen LogP contribution in [0.2, 0.25) is 0 Å². The Labute approximate surface area is 120 Å². The highest BCUT2D eigenvalue weighted by Crippen LogP contribution is 2.06. The molecule has 1 atom stereocenters. The fourth-order valence-corrected chi connectivity index (χ4v) is 2.10. The standard InChI is InChI=1S/C16H23N3O/c1-3-11-17-13(2)12-16-18-15(19-20-16)10-9-14-7-5-4-6-8-14/h4-8,13,17H,3,9-12H2,1-2H3. The third kappa shape index (κ3) is 4.78. The van der Waals surface area contributed by atoms with Crippen LogP contribution in [0.1, 0.15) is 37.5 Å². The first-order chi connectivity index (χ1) is 9.78. The molecule has 0 aliphatic rings. The largest absolute Gasteiger partial charge is 0.339 e. The fourth-order valence-electron chi connectivity index (χ4n) is 2.10. The lowest BCUT2D eigenvalue weighted by atomic mass is 10.1. The molecule has 1 heterocycles. The molecule has 0 spiro atoms. The summed E-state index contributed by atoms with van der Waals surface area (Å²) >= 11 is 0. The predicted molar refractivity (Wildman–Crippen MR) is 79.6 cm³/mol. The van der Waals surface area contributed by atoms with E-state index in [1.165, 1.54) is 5.56 Å². The van der Waals surface area contributed by atoms with Crippen molar-refractivity contribution in [1.29, 1.82) is 0 Å². The summed E-state index contributed by atoms with van der Waals surface area (Å²) in [4.78, 5) is 4.46. The van der Waals surface area contributed by atoms with E-state index in [2.05, 4.69) is 53.6 Å². The summed E-state index contributed by atoms with van der Waals surface area (Å²) in [6, 6.07) is 10.8. The molecule has 0 radical (unpaired) electrons. The second kappa shape index (κ2) is 7.80. The Morgan fingerprint density at radius 2 is 2.00 bits per heavy atom. The lowest BCUT2D eigenvalue weighted by molar-refractivity contribution is 0.357. The fraction of sp³-hybridized carbons (Fsp3) is 0.500. The number of nitrogens with one attached hydrogen (secondary N) is 1. The quantitative estimate of drug-likeness (QED) is 0.803. The van der Waals surface area contributed by atoms with E-state index in [-0.39, 0.29) is 0 Å². The van der Waals surface area contributed by atoms with Gasteiger partial charge in [0, 0.05) is 18.9 Å². The van der Waals surface area contributed by atoms with Crippen molar-refractivity contribution in [2.45, 2.75) is 45.6 Å². The maximum absolute atomic E-state index is 5.30. The SMILES string of the molecule is CCCNC(C)Cc1nc(CCc2ccccc2)no1. The number of nitrogens with zero attached hydrogens (tertiary/aromatic N) is 2. The Hall–Kier alpha value is -1.68. The highest BCUT2D eigenvalue weighted by Gasteiger charge is 2.10. The van der Waals surface area contributed by atoms with Crippen molar-refractivity contribution < 1.29 is 4.52 Å². The van der Waals surface area contributed by atoms with E-state index in [0.717, 1.165) is 43.9 Å². The van der Waals surface area contributed by atoms with E-state index < -0.39 is 0 Å². The first kappa shape index (κ1) is 14.7. The zero-order valence-electron chi connectivity index (χ0n) is 12.3. The van der Waals surface area contributed by atoms with Gasteiger partial charge in [0.15, 0.2) is 5.82 Å². The number of aryl methyl sites for hydroxylation is 2. The molecular weight excluding hydrogens is 250 g/mol. The Bertz CT molecular complexity index is 495. The Morgan fingerprint density at radius 3 is 2.75 bits per heavy atom. The molecule has 4 nitrogen and oxygen atoms in total. The van der Waals surface area contributed by atoms with Crippen LogP contribution in [-0.4, -0.2) is 22.7 Å². The van der Waals surface area contributed by atoms with Crippen LogP contribution in [0, 0.1) is 0 Å². The Morgan fingerprint density at radius 1 is 1.20 bits per heavy atom. The second-order valence-electron chi connectivity index (χ2n) is 5.15. The van der Waals surface area contributed by atoms with Gasteiger partial charge in [0.1, 0.15) is 0 Å². The number of hydrogen-bond donors (Lipinski definition) is 1. The zero-order chi connectivity index (χ0) is 14.2. The topological polar surface area (TPSA) is 51.0 Å². The Balaban J connectivity index is 1.80. The molecule has 1 aromatic heterocycles. The van der Waals surface area contributed by atoms with Gasteiger partial charge < -0.3 is 9.84 Å². The predicted octanol–water partition coefficient (Wildman–Crippen LogP) is 2.79. The number of benzene rings is 1. The van der Waals surface area contributed by atoms with Crippen molar-refractivity contribution in [3.05, 3.63) is 47.6 Å². The van der Waals surface area contributed by atoms with Crippen LogP contribution >= 0.6 is 0 Å². The number of hydrogen-bond acceptors (Lipinski definition) is 4. The first-order valence-electron chi connectivity index (χ1n) is 7.36. The molecule has 4 heteroatoms. The van der Waals surface area contributed by atoms with E-state index in [1.807, 2.05) is 6.07 Å². The molecule has 108 valence electrons. The van der Waals surface area contributed by atoms with Crippen molar-refractivity contribution in [2.75, 3.05) is 6.54 Å². The first-order valence-corrected chi connectivity index (χ1v) is 7.36. The van der Waals surface area contributed by atoms with Gasteiger partial charge in [0.05, 0.1) is 0 Å². The van der Waals surface area contributed by atoms with Gasteiger partial charge in [-0.05, 0) is 31.9 Å². The van der Waals surface area contributed by atoms with E-state index in [9.17, 15) is 0 Å². The van der Waals surface area contributed by atoms with Gasteiger partial charge in [0.2, 0.25) is 5.89 Å². The normalized spacial score (nSPS) is 12.5. The molecule has 2 rings (SSSR count). The van der Waals surface area contributed by atoms with Crippen LogP contribution in [0.3, 0.4) is 0 Å². The van der Waals surface area contributed by atoms with Gasteiger partial charge in [-0.3, -0.25) is 0 Å². The van der Waals surface area contributed by atoms with Gasteiger partial charge >= 0.3 is 0 Å². The van der Waals surface area contributed by atoms with Crippen LogP contribution in [0.5, 0.6) is 0 Å². The molecule has 1 unspecified atom stereocenters. The summed E-state index contributed by atoms with van der Waals surface area (Å²) < 4.78 is 5.30. The molecule has 0 aliphatic heterocycles. The molecule has 1 aromatic carbocycles. The second-order valence-corrected chi connectivity index (χ2v) is 5.15. The van der Waals surface area contributed by atoms with Crippen molar-refractivity contribution in [3.8, 4) is 0 Å². The third-order valence-electron chi connectivity index (χ3n) is 3.21. The average Bonchev–Trinajstić information content (AvgIpc) is 2.91. The average molecular weight is 273 g/mol. The number of rotatable bonds is 8. The highest BCUT2D eigenvalue weighted by atomic mass is 16.5. The minimum absolute atomic E-state index is 0.373. The molecule has 0 aliphatic carbocycles. The van der Waals surface area contributed by atoms with E-state index >= 15 is 0 Å². The van der Waals surface area contributed by atoms with Crippen LogP contribution in [0.25, 0.3) is 0 Å². The van der Waals surface area contributed by atoms with Crippen LogP contribution < -0.4 is 5.32 Å². The minimum atomic E-state index is 0.373. The highest BCUT2D eigenvalue weighted by molar-refractivity contribution is 5.15. The van der Waals surface area contributed by atoms with E-state index in [1.54, 1.807) is 0 Å². The van der Waals surface area contributed by atoms with Crippen LogP contribution in [0.15, 0.2) is 34.9 Å². The van der Waals surface area contributed by atoms with Crippen molar-refractivity contribution >= 4 is 0 Å². The molecule has 20 heavy (non-hydrogen) atoms. The molecule has 0 amide bonds. The van der Waals surface area contributed by atoms with Gasteiger partial charge in [-0.25, -0.2) is 0 Å². The third-order valence-corrected chi connectivity index (χ3v) is 3.21. The summed E-state index contributed by atoms with van der Waals surface area (Å²) in [5, 5.41) is 7.47. The summed E-state index contributed by atoms with van der Waals surface area (Å²) in [6.45, 7) is 5.33. The van der Waals surface area contributed by atoms with Crippen LogP contribution in [0.4, 0.5) is 0 Å². The monoisotopic (exact) mass is 273 g/mol. The van der Waals surface area contributed by atoms with Crippen molar-refractivity contribution in [3.63, 3.8) is 0 Å². The Kier molecular flexibility index (Phi) is 5.74. The number of aromatic nitrogens is 2. The van der Waals surface area contributed by atoms with Crippen molar-refractivity contribution in [2.24, 2.45) is 0 Å².